The summed E-state index contributed by atoms with van der Waals surface area (Å²) in [6.45, 7) is 1.55. The molecule has 3 atom stereocenters. The van der Waals surface area contributed by atoms with E-state index in [9.17, 15) is 24.3 Å². The summed E-state index contributed by atoms with van der Waals surface area (Å²) in [5.74, 6) is -2.40. The number of hydrogen-bond acceptors (Lipinski definition) is 6. The number of carbonyl (C=O) groups is 4. The van der Waals surface area contributed by atoms with E-state index in [1.165, 1.54) is 0 Å². The van der Waals surface area contributed by atoms with Crippen molar-refractivity contribution < 1.29 is 24.3 Å². The number of β-lactam (4-membered cyclic amide) rings is 1. The van der Waals surface area contributed by atoms with Gasteiger partial charge in [-0.3, -0.25) is 19.3 Å². The van der Waals surface area contributed by atoms with Crippen molar-refractivity contribution >= 4 is 35.2 Å². The van der Waals surface area contributed by atoms with Crippen LogP contribution in [0.2, 0.25) is 0 Å². The fourth-order valence-corrected chi connectivity index (χ4v) is 4.86. The number of nitrogens with zero attached hydrogens (tertiary/aromatic N) is 1. The lowest BCUT2D eigenvalue weighted by Gasteiger charge is -2.55. The molecule has 1 amide bonds. The molecule has 0 spiro atoms. The molecule has 2 bridgehead atoms. The summed E-state index contributed by atoms with van der Waals surface area (Å²) in [7, 11) is 0. The summed E-state index contributed by atoms with van der Waals surface area (Å²) in [6.07, 6.45) is 1.48. The molecule has 8 heteroatoms. The normalized spacial score (nSPS) is 35.4. The number of thioether (sulfide) groups is 1. The number of carbonyl (C=O) groups excluding carboxylic acids is 3. The van der Waals surface area contributed by atoms with E-state index in [1.54, 1.807) is 6.92 Å². The smallest absolute Gasteiger partial charge is 0.352 e. The third-order valence-corrected chi connectivity index (χ3v) is 6.23. The van der Waals surface area contributed by atoms with Crippen LogP contribution >= 0.6 is 11.8 Å². The van der Waals surface area contributed by atoms with Crippen molar-refractivity contribution in [1.29, 1.82) is 0 Å². The monoisotopic (exact) mass is 324 g/mol. The van der Waals surface area contributed by atoms with E-state index in [0.717, 1.165) is 16.7 Å². The molecule has 0 aromatic carbocycles. The van der Waals surface area contributed by atoms with Crippen LogP contribution in [-0.4, -0.2) is 49.6 Å². The quantitative estimate of drug-likeness (QED) is 0.516. The first-order chi connectivity index (χ1) is 10.3. The largest absolute Gasteiger partial charge is 0.477 e. The van der Waals surface area contributed by atoms with Crippen molar-refractivity contribution in [1.82, 2.24) is 4.90 Å². The topological polar surface area (TPSA) is 118 Å². The van der Waals surface area contributed by atoms with Gasteiger partial charge in [0.25, 0.3) is 5.91 Å². The fourth-order valence-electron chi connectivity index (χ4n) is 3.25. The third kappa shape index (κ3) is 1.80. The molecule has 2 unspecified atom stereocenters. The molecule has 2 saturated heterocycles. The molecule has 0 radical (unpaired) electrons. The Morgan fingerprint density at radius 3 is 2.59 bits per heavy atom. The second-order valence-electron chi connectivity index (χ2n) is 5.85. The molecule has 3 N–H and O–H groups in total. The highest BCUT2D eigenvalue weighted by atomic mass is 32.2. The van der Waals surface area contributed by atoms with Gasteiger partial charge in [-0.1, -0.05) is 0 Å². The van der Waals surface area contributed by atoms with Gasteiger partial charge in [-0.2, -0.15) is 0 Å². The van der Waals surface area contributed by atoms with Crippen molar-refractivity contribution in [2.45, 2.75) is 48.8 Å². The first-order valence-electron chi connectivity index (χ1n) is 7.08. The van der Waals surface area contributed by atoms with Crippen LogP contribution in [0.25, 0.3) is 0 Å². The number of amides is 1. The Hall–Kier alpha value is -1.67. The number of aliphatic carboxylic acids is 1. The van der Waals surface area contributed by atoms with Crippen LogP contribution in [0.15, 0.2) is 11.3 Å². The number of rotatable bonds is 1. The highest BCUT2D eigenvalue weighted by molar-refractivity contribution is 8.01. The Bertz CT molecular complexity index is 643. The first kappa shape index (κ1) is 15.2. The zero-order valence-electron chi connectivity index (χ0n) is 12.0. The lowest BCUT2D eigenvalue weighted by Crippen LogP contribution is -2.81. The van der Waals surface area contributed by atoms with Gasteiger partial charge in [0.2, 0.25) is 0 Å². The molecule has 0 saturated carbocycles. The van der Waals surface area contributed by atoms with E-state index in [4.69, 9.17) is 5.73 Å². The zero-order chi connectivity index (χ0) is 16.2. The predicted octanol–water partition coefficient (Wildman–Crippen LogP) is 0.0384. The van der Waals surface area contributed by atoms with Crippen LogP contribution in [0.3, 0.4) is 0 Å². The maximum atomic E-state index is 12.4. The minimum Gasteiger partial charge on any atom is -0.477 e. The van der Waals surface area contributed by atoms with Gasteiger partial charge >= 0.3 is 5.97 Å². The zero-order valence-corrected chi connectivity index (χ0v) is 12.8. The van der Waals surface area contributed by atoms with Gasteiger partial charge in [-0.25, -0.2) is 4.79 Å². The summed E-state index contributed by atoms with van der Waals surface area (Å²) < 4.78 is 0. The molecule has 2 fully saturated rings. The molecule has 22 heavy (non-hydrogen) atoms. The lowest BCUT2D eigenvalue weighted by molar-refractivity contribution is -0.160. The molecule has 3 heterocycles. The number of nitrogens with two attached hydrogens (primary N) is 1. The third-order valence-electron chi connectivity index (χ3n) is 4.50. The SMILES string of the molecule is CC1=C(C(=O)O)N2C(=O)C3(N)C(=O)CCCCC(=O)C1S[C@H]23. The maximum Gasteiger partial charge on any atom is 0.352 e. The van der Waals surface area contributed by atoms with Crippen LogP contribution in [-0.2, 0) is 19.2 Å². The molecule has 0 aromatic heterocycles. The van der Waals surface area contributed by atoms with Crippen LogP contribution in [0, 0.1) is 0 Å². The van der Waals surface area contributed by atoms with Gasteiger partial charge in [0.05, 0.1) is 5.25 Å². The average Bonchev–Trinajstić information content (AvgIpc) is 2.48. The van der Waals surface area contributed by atoms with Crippen LogP contribution in [0.5, 0.6) is 0 Å². The number of Topliss-reactive ketones (excluding diaryl/α,β-unsaturated/α-hetero) is 2. The minimum atomic E-state index is -1.71. The van der Waals surface area contributed by atoms with Gasteiger partial charge in [0.1, 0.15) is 16.9 Å². The molecule has 118 valence electrons. The molecule has 0 aromatic rings. The van der Waals surface area contributed by atoms with E-state index in [2.05, 4.69) is 0 Å². The van der Waals surface area contributed by atoms with Crippen molar-refractivity contribution in [2.75, 3.05) is 0 Å². The summed E-state index contributed by atoms with van der Waals surface area (Å²) in [5, 5.41) is 7.93. The van der Waals surface area contributed by atoms with Gasteiger partial charge in [0, 0.05) is 12.8 Å². The molecule has 7 nitrogen and oxygen atoms in total. The first-order valence-corrected chi connectivity index (χ1v) is 8.02. The van der Waals surface area contributed by atoms with Crippen LogP contribution < -0.4 is 5.73 Å². The number of carboxylic acids is 1. The summed E-state index contributed by atoms with van der Waals surface area (Å²) in [6, 6.07) is 0. The molecule has 3 rings (SSSR count). The Labute approximate surface area is 130 Å². The van der Waals surface area contributed by atoms with E-state index in [-0.39, 0.29) is 23.7 Å². The molecular formula is C14H16N2O5S. The lowest BCUT2D eigenvalue weighted by atomic mass is 9.80. The van der Waals surface area contributed by atoms with E-state index >= 15 is 0 Å². The molecule has 3 aliphatic rings. The fraction of sp³-hybridized carbons (Fsp3) is 0.571. The summed E-state index contributed by atoms with van der Waals surface area (Å²) >= 11 is 1.12. The number of hydrogen-bond donors (Lipinski definition) is 2. The van der Waals surface area contributed by atoms with E-state index < -0.39 is 28.0 Å². The number of ketones is 2. The Balaban J connectivity index is 2.14. The Kier molecular flexibility index (Phi) is 3.41. The predicted molar refractivity (Wildman–Crippen MR) is 77.7 cm³/mol. The second-order valence-corrected chi connectivity index (χ2v) is 7.04. The maximum absolute atomic E-state index is 12.4. The summed E-state index contributed by atoms with van der Waals surface area (Å²) in [5.41, 5.74) is 4.47. The highest BCUT2D eigenvalue weighted by Crippen LogP contribution is 2.49. The van der Waals surface area contributed by atoms with Gasteiger partial charge in [-0.05, 0) is 25.3 Å². The van der Waals surface area contributed by atoms with Crippen molar-refractivity contribution in [3.63, 3.8) is 0 Å². The van der Waals surface area contributed by atoms with Gasteiger partial charge in [0.15, 0.2) is 11.3 Å². The number of carboxylic acid groups (broad SMARTS) is 1. The Morgan fingerprint density at radius 1 is 1.32 bits per heavy atom. The molecular weight excluding hydrogens is 308 g/mol. The average molecular weight is 324 g/mol. The van der Waals surface area contributed by atoms with Gasteiger partial charge < -0.3 is 10.8 Å². The minimum absolute atomic E-state index is 0.0723. The summed E-state index contributed by atoms with van der Waals surface area (Å²) in [4.78, 5) is 49.6. The van der Waals surface area contributed by atoms with Crippen LogP contribution in [0.1, 0.15) is 32.6 Å². The highest BCUT2D eigenvalue weighted by Gasteiger charge is 2.67. The standard InChI is InChI=1S/C14H16N2O5S/c1-6-9(11(19)20)16-12(21)14(15)8(18)5-3-2-4-7(17)10(6)22-13(14)16/h10,13H,2-5,15H2,1H3,(H,19,20)/t10?,13-,14?/m0/s1. The van der Waals surface area contributed by atoms with Crippen molar-refractivity contribution in [3.8, 4) is 0 Å². The van der Waals surface area contributed by atoms with Crippen molar-refractivity contribution in [3.05, 3.63) is 11.3 Å². The second kappa shape index (κ2) is 4.92. The van der Waals surface area contributed by atoms with Crippen molar-refractivity contribution in [2.24, 2.45) is 5.73 Å². The molecule has 3 aliphatic heterocycles. The number of fused-ring (bicyclic) bond motifs is 1. The van der Waals surface area contributed by atoms with Crippen LogP contribution in [0.4, 0.5) is 0 Å². The Morgan fingerprint density at radius 2 is 1.95 bits per heavy atom. The molecule has 0 aliphatic carbocycles. The van der Waals surface area contributed by atoms with E-state index in [1.807, 2.05) is 0 Å². The van der Waals surface area contributed by atoms with Gasteiger partial charge in [-0.15, -0.1) is 11.8 Å². The van der Waals surface area contributed by atoms with E-state index in [0.29, 0.717) is 24.8 Å².